The molecule has 0 spiro atoms. The summed E-state index contributed by atoms with van der Waals surface area (Å²) < 4.78 is 13.3. The molecule has 0 bridgehead atoms. The number of aryl methyl sites for hydroxylation is 1. The lowest BCUT2D eigenvalue weighted by molar-refractivity contribution is -0.384. The smallest absolute Gasteiger partial charge is 0.292 e. The molecule has 2 N–H and O–H groups in total. The summed E-state index contributed by atoms with van der Waals surface area (Å²) in [6.45, 7) is 0. The van der Waals surface area contributed by atoms with Gasteiger partial charge >= 0.3 is 0 Å². The summed E-state index contributed by atoms with van der Waals surface area (Å²) in [6, 6.07) is 8.31. The van der Waals surface area contributed by atoms with E-state index >= 15 is 0 Å². The Kier molecular flexibility index (Phi) is 3.21. The fraction of sp³-hybridized carbons (Fsp3) is 0.200. The first kappa shape index (κ1) is 13.4. The van der Waals surface area contributed by atoms with Crippen molar-refractivity contribution in [3.05, 3.63) is 63.5 Å². The molecular formula is C15H13FN2O3. The number of phenols is 1. The number of anilines is 1. The van der Waals surface area contributed by atoms with Gasteiger partial charge in [-0.05, 0) is 42.2 Å². The van der Waals surface area contributed by atoms with Crippen LogP contribution < -0.4 is 5.32 Å². The Hall–Kier alpha value is -2.63. The number of benzene rings is 2. The van der Waals surface area contributed by atoms with Gasteiger partial charge in [-0.2, -0.15) is 0 Å². The highest BCUT2D eigenvalue weighted by Crippen LogP contribution is 2.37. The maximum absolute atomic E-state index is 13.3. The van der Waals surface area contributed by atoms with Crippen molar-refractivity contribution in [2.45, 2.75) is 18.9 Å². The third kappa shape index (κ3) is 2.52. The van der Waals surface area contributed by atoms with Crippen LogP contribution in [0.2, 0.25) is 0 Å². The van der Waals surface area contributed by atoms with E-state index in [1.54, 1.807) is 18.2 Å². The highest BCUT2D eigenvalue weighted by atomic mass is 19.1. The number of hydrogen-bond donors (Lipinski definition) is 2. The van der Waals surface area contributed by atoms with Crippen molar-refractivity contribution in [3.8, 4) is 5.75 Å². The predicted octanol–water partition coefficient (Wildman–Crippen LogP) is 3.54. The molecule has 0 aliphatic heterocycles. The van der Waals surface area contributed by atoms with Gasteiger partial charge in [0.05, 0.1) is 11.0 Å². The lowest BCUT2D eigenvalue weighted by Gasteiger charge is -2.15. The average Bonchev–Trinajstić information content (AvgIpc) is 2.81. The van der Waals surface area contributed by atoms with E-state index < -0.39 is 10.7 Å². The lowest BCUT2D eigenvalue weighted by Crippen LogP contribution is -2.09. The van der Waals surface area contributed by atoms with E-state index in [1.807, 2.05) is 0 Å². The second-order valence-corrected chi connectivity index (χ2v) is 5.04. The number of halogens is 1. The molecule has 0 radical (unpaired) electrons. The van der Waals surface area contributed by atoms with Crippen LogP contribution in [0.1, 0.15) is 23.6 Å². The van der Waals surface area contributed by atoms with Crippen molar-refractivity contribution in [2.24, 2.45) is 0 Å². The number of nitro benzene ring substituents is 1. The van der Waals surface area contributed by atoms with Crippen molar-refractivity contribution in [1.82, 2.24) is 0 Å². The van der Waals surface area contributed by atoms with E-state index in [2.05, 4.69) is 5.32 Å². The Morgan fingerprint density at radius 3 is 2.86 bits per heavy atom. The molecule has 0 saturated heterocycles. The summed E-state index contributed by atoms with van der Waals surface area (Å²) in [6.07, 6.45) is 1.51. The van der Waals surface area contributed by atoms with Crippen LogP contribution in [0.4, 0.5) is 15.8 Å². The Balaban J connectivity index is 1.93. The summed E-state index contributed by atoms with van der Waals surface area (Å²) in [4.78, 5) is 10.5. The molecule has 1 aliphatic carbocycles. The number of phenolic OH excluding ortho intramolecular Hbond substituents is 1. The van der Waals surface area contributed by atoms with Crippen LogP contribution in [0.3, 0.4) is 0 Å². The fourth-order valence-electron chi connectivity index (χ4n) is 2.72. The maximum atomic E-state index is 13.3. The van der Waals surface area contributed by atoms with Crippen LogP contribution in [0, 0.1) is 15.9 Å². The molecule has 0 aromatic heterocycles. The number of nitrogens with one attached hydrogen (secondary N) is 1. The topological polar surface area (TPSA) is 75.4 Å². The highest BCUT2D eigenvalue weighted by molar-refractivity contribution is 5.63. The Morgan fingerprint density at radius 1 is 1.29 bits per heavy atom. The molecule has 21 heavy (non-hydrogen) atoms. The van der Waals surface area contributed by atoms with Crippen LogP contribution in [0.5, 0.6) is 5.75 Å². The quantitative estimate of drug-likeness (QED) is 0.669. The Morgan fingerprint density at radius 2 is 2.10 bits per heavy atom. The van der Waals surface area contributed by atoms with E-state index in [0.717, 1.165) is 42.2 Å². The molecule has 1 aliphatic rings. The van der Waals surface area contributed by atoms with E-state index in [4.69, 9.17) is 0 Å². The average molecular weight is 288 g/mol. The summed E-state index contributed by atoms with van der Waals surface area (Å²) in [5.41, 5.74) is 2.01. The van der Waals surface area contributed by atoms with E-state index in [0.29, 0.717) is 0 Å². The van der Waals surface area contributed by atoms with Crippen molar-refractivity contribution < 1.29 is 14.4 Å². The van der Waals surface area contributed by atoms with Crippen molar-refractivity contribution >= 4 is 11.4 Å². The van der Waals surface area contributed by atoms with Gasteiger partial charge in [-0.15, -0.1) is 0 Å². The zero-order valence-corrected chi connectivity index (χ0v) is 11.0. The first-order valence-electron chi connectivity index (χ1n) is 6.57. The molecule has 1 atom stereocenters. The number of nitrogens with zero attached hydrogens (tertiary/aromatic N) is 1. The SMILES string of the molecule is O=[N+]([O-])c1ccc(F)cc1NC1CCc2cc(O)ccc21. The minimum atomic E-state index is -0.533. The van der Waals surface area contributed by atoms with Gasteiger partial charge in [-0.1, -0.05) is 6.07 Å². The first-order chi connectivity index (χ1) is 10.0. The summed E-state index contributed by atoms with van der Waals surface area (Å²) >= 11 is 0. The normalized spacial score (nSPS) is 16.5. The van der Waals surface area contributed by atoms with Gasteiger partial charge in [0.25, 0.3) is 5.69 Å². The lowest BCUT2D eigenvalue weighted by atomic mass is 10.1. The van der Waals surface area contributed by atoms with Gasteiger partial charge in [0.1, 0.15) is 17.3 Å². The molecule has 0 fully saturated rings. The molecule has 0 saturated carbocycles. The van der Waals surface area contributed by atoms with Crippen molar-refractivity contribution in [1.29, 1.82) is 0 Å². The molecule has 108 valence electrons. The van der Waals surface area contributed by atoms with Crippen LogP contribution in [0.15, 0.2) is 36.4 Å². The number of rotatable bonds is 3. The second-order valence-electron chi connectivity index (χ2n) is 5.04. The molecular weight excluding hydrogens is 275 g/mol. The van der Waals surface area contributed by atoms with Gasteiger partial charge < -0.3 is 10.4 Å². The molecule has 1 unspecified atom stereocenters. The third-order valence-electron chi connectivity index (χ3n) is 3.69. The van der Waals surface area contributed by atoms with Crippen LogP contribution in [-0.2, 0) is 6.42 Å². The Bertz CT molecular complexity index is 718. The minimum Gasteiger partial charge on any atom is -0.508 e. The van der Waals surface area contributed by atoms with Gasteiger partial charge in [-0.3, -0.25) is 10.1 Å². The monoisotopic (exact) mass is 288 g/mol. The number of hydrogen-bond acceptors (Lipinski definition) is 4. The van der Waals surface area contributed by atoms with Gasteiger partial charge in [0.15, 0.2) is 0 Å². The number of nitro groups is 1. The molecule has 2 aromatic rings. The fourth-order valence-corrected chi connectivity index (χ4v) is 2.72. The van der Waals surface area contributed by atoms with Gasteiger partial charge in [0, 0.05) is 12.1 Å². The molecule has 0 amide bonds. The van der Waals surface area contributed by atoms with E-state index in [9.17, 15) is 19.6 Å². The molecule has 0 heterocycles. The van der Waals surface area contributed by atoms with Crippen LogP contribution in [0.25, 0.3) is 0 Å². The maximum Gasteiger partial charge on any atom is 0.292 e. The molecule has 3 rings (SSSR count). The molecule has 2 aromatic carbocycles. The van der Waals surface area contributed by atoms with E-state index in [1.165, 1.54) is 0 Å². The first-order valence-corrected chi connectivity index (χ1v) is 6.57. The standard InChI is InChI=1S/C15H13FN2O3/c16-10-2-6-15(18(20)21)14(8-10)17-13-5-1-9-7-11(19)3-4-12(9)13/h2-4,6-8,13,17,19H,1,5H2. The zero-order valence-electron chi connectivity index (χ0n) is 11.0. The number of aromatic hydroxyl groups is 1. The second kappa shape index (κ2) is 5.05. The zero-order chi connectivity index (χ0) is 15.0. The van der Waals surface area contributed by atoms with Gasteiger partial charge in [-0.25, -0.2) is 4.39 Å². The minimum absolute atomic E-state index is 0.124. The molecule has 6 heteroatoms. The van der Waals surface area contributed by atoms with Crippen LogP contribution >= 0.6 is 0 Å². The molecule has 5 nitrogen and oxygen atoms in total. The third-order valence-corrected chi connectivity index (χ3v) is 3.69. The largest absolute Gasteiger partial charge is 0.508 e. The summed E-state index contributed by atoms with van der Waals surface area (Å²) in [7, 11) is 0. The number of fused-ring (bicyclic) bond motifs is 1. The summed E-state index contributed by atoms with van der Waals surface area (Å²) in [5.74, 6) is -0.321. The Labute approximate surface area is 120 Å². The van der Waals surface area contributed by atoms with E-state index in [-0.39, 0.29) is 23.2 Å². The van der Waals surface area contributed by atoms with Crippen LogP contribution in [-0.4, -0.2) is 10.0 Å². The van der Waals surface area contributed by atoms with Gasteiger partial charge in [0.2, 0.25) is 0 Å². The summed E-state index contributed by atoms with van der Waals surface area (Å²) in [5, 5.41) is 23.5. The van der Waals surface area contributed by atoms with Crippen molar-refractivity contribution in [3.63, 3.8) is 0 Å². The predicted molar refractivity (Wildman–Crippen MR) is 75.8 cm³/mol. The van der Waals surface area contributed by atoms with Crippen molar-refractivity contribution in [2.75, 3.05) is 5.32 Å². The highest BCUT2D eigenvalue weighted by Gasteiger charge is 2.25.